The summed E-state index contributed by atoms with van der Waals surface area (Å²) in [6, 6.07) is 7.44. The highest BCUT2D eigenvalue weighted by Crippen LogP contribution is 2.30. The van der Waals surface area contributed by atoms with Gasteiger partial charge in [0.25, 0.3) is 0 Å². The van der Waals surface area contributed by atoms with E-state index < -0.39 is 0 Å². The van der Waals surface area contributed by atoms with E-state index in [1.807, 2.05) is 38.1 Å². The summed E-state index contributed by atoms with van der Waals surface area (Å²) in [5, 5.41) is 0. The van der Waals surface area contributed by atoms with Crippen LogP contribution in [-0.4, -0.2) is 17.1 Å². The zero-order chi connectivity index (χ0) is 12.4. The first-order valence-electron chi connectivity index (χ1n) is 5.36. The summed E-state index contributed by atoms with van der Waals surface area (Å²) in [5.41, 5.74) is 9.14. The molecule has 88 valence electrons. The van der Waals surface area contributed by atoms with Crippen LogP contribution in [0.2, 0.25) is 0 Å². The molecule has 0 bridgehead atoms. The summed E-state index contributed by atoms with van der Waals surface area (Å²) in [7, 11) is 1.63. The fourth-order valence-corrected chi connectivity index (χ4v) is 1.78. The SMILES string of the molecule is COc1ccc(N)cc1-c1cc(C)nc(C)n1. The highest BCUT2D eigenvalue weighted by atomic mass is 16.5. The number of rotatable bonds is 2. The van der Waals surface area contributed by atoms with Gasteiger partial charge in [0.15, 0.2) is 0 Å². The first kappa shape index (κ1) is 11.4. The number of aryl methyl sites for hydroxylation is 2. The average Bonchev–Trinajstić information content (AvgIpc) is 2.27. The molecule has 0 saturated heterocycles. The second-order valence-electron chi connectivity index (χ2n) is 3.90. The van der Waals surface area contributed by atoms with Gasteiger partial charge in [0.2, 0.25) is 0 Å². The topological polar surface area (TPSA) is 61.0 Å². The van der Waals surface area contributed by atoms with E-state index in [1.54, 1.807) is 7.11 Å². The van der Waals surface area contributed by atoms with Crippen molar-refractivity contribution < 1.29 is 4.74 Å². The molecule has 17 heavy (non-hydrogen) atoms. The molecule has 1 heterocycles. The number of benzene rings is 1. The summed E-state index contributed by atoms with van der Waals surface area (Å²) in [6.45, 7) is 3.81. The Hall–Kier alpha value is -2.10. The third-order valence-corrected chi connectivity index (χ3v) is 2.47. The molecular formula is C13H15N3O. The van der Waals surface area contributed by atoms with Crippen LogP contribution in [0.5, 0.6) is 5.75 Å². The van der Waals surface area contributed by atoms with Crippen LogP contribution in [0, 0.1) is 13.8 Å². The third kappa shape index (κ3) is 2.36. The molecular weight excluding hydrogens is 214 g/mol. The number of ether oxygens (including phenoxy) is 1. The van der Waals surface area contributed by atoms with E-state index in [1.165, 1.54) is 0 Å². The molecule has 0 aliphatic carbocycles. The quantitative estimate of drug-likeness (QED) is 0.803. The fourth-order valence-electron chi connectivity index (χ4n) is 1.78. The number of hydrogen-bond acceptors (Lipinski definition) is 4. The van der Waals surface area contributed by atoms with E-state index in [0.717, 1.165) is 28.5 Å². The predicted octanol–water partition coefficient (Wildman–Crippen LogP) is 2.35. The lowest BCUT2D eigenvalue weighted by Gasteiger charge is -2.09. The van der Waals surface area contributed by atoms with Gasteiger partial charge in [0.1, 0.15) is 11.6 Å². The molecule has 4 heteroatoms. The highest BCUT2D eigenvalue weighted by Gasteiger charge is 2.09. The van der Waals surface area contributed by atoms with Crippen molar-refractivity contribution in [1.29, 1.82) is 0 Å². The maximum absolute atomic E-state index is 5.80. The number of aromatic nitrogens is 2. The van der Waals surface area contributed by atoms with Gasteiger partial charge in [-0.25, -0.2) is 9.97 Å². The van der Waals surface area contributed by atoms with Gasteiger partial charge in [0.05, 0.1) is 12.8 Å². The largest absolute Gasteiger partial charge is 0.496 e. The second kappa shape index (κ2) is 4.41. The minimum absolute atomic E-state index is 0.690. The molecule has 0 aliphatic rings. The van der Waals surface area contributed by atoms with E-state index >= 15 is 0 Å². The minimum atomic E-state index is 0.690. The number of methoxy groups -OCH3 is 1. The van der Waals surface area contributed by atoms with E-state index in [0.29, 0.717) is 5.69 Å². The van der Waals surface area contributed by atoms with Gasteiger partial charge in [0, 0.05) is 16.9 Å². The Morgan fingerprint density at radius 2 is 1.88 bits per heavy atom. The number of nitrogen functional groups attached to an aromatic ring is 1. The first-order chi connectivity index (χ1) is 8.10. The molecule has 0 amide bonds. The van der Waals surface area contributed by atoms with Crippen LogP contribution in [0.25, 0.3) is 11.3 Å². The number of nitrogens with two attached hydrogens (primary N) is 1. The van der Waals surface area contributed by atoms with Crippen molar-refractivity contribution in [3.63, 3.8) is 0 Å². The van der Waals surface area contributed by atoms with Gasteiger partial charge in [-0.3, -0.25) is 0 Å². The number of hydrogen-bond donors (Lipinski definition) is 1. The molecule has 0 unspecified atom stereocenters. The van der Waals surface area contributed by atoms with E-state index in [-0.39, 0.29) is 0 Å². The fraction of sp³-hybridized carbons (Fsp3) is 0.231. The Kier molecular flexibility index (Phi) is 2.95. The van der Waals surface area contributed by atoms with Crippen LogP contribution < -0.4 is 10.5 Å². The lowest BCUT2D eigenvalue weighted by atomic mass is 10.1. The standard InChI is InChI=1S/C13H15N3O/c1-8-6-12(16-9(2)15-8)11-7-10(14)4-5-13(11)17-3/h4-7H,14H2,1-3H3. The molecule has 0 fully saturated rings. The lowest BCUT2D eigenvalue weighted by molar-refractivity contribution is 0.416. The molecule has 0 spiro atoms. The average molecular weight is 229 g/mol. The van der Waals surface area contributed by atoms with Crippen LogP contribution in [0.15, 0.2) is 24.3 Å². The van der Waals surface area contributed by atoms with Crippen LogP contribution in [0.4, 0.5) is 5.69 Å². The van der Waals surface area contributed by atoms with E-state index in [4.69, 9.17) is 10.5 Å². The lowest BCUT2D eigenvalue weighted by Crippen LogP contribution is -1.97. The molecule has 2 rings (SSSR count). The van der Waals surface area contributed by atoms with Gasteiger partial charge in [-0.15, -0.1) is 0 Å². The number of anilines is 1. The Balaban J connectivity index is 2.62. The van der Waals surface area contributed by atoms with Crippen LogP contribution in [0.1, 0.15) is 11.5 Å². The maximum Gasteiger partial charge on any atom is 0.128 e. The van der Waals surface area contributed by atoms with Crippen LogP contribution >= 0.6 is 0 Å². The third-order valence-electron chi connectivity index (χ3n) is 2.47. The molecule has 1 aromatic carbocycles. The van der Waals surface area contributed by atoms with Gasteiger partial charge >= 0.3 is 0 Å². The van der Waals surface area contributed by atoms with Crippen molar-refractivity contribution in [3.8, 4) is 17.0 Å². The van der Waals surface area contributed by atoms with Crippen molar-refractivity contribution in [1.82, 2.24) is 9.97 Å². The van der Waals surface area contributed by atoms with Gasteiger partial charge in [-0.05, 0) is 38.1 Å². The van der Waals surface area contributed by atoms with E-state index in [9.17, 15) is 0 Å². The van der Waals surface area contributed by atoms with Gasteiger partial charge in [-0.2, -0.15) is 0 Å². The first-order valence-corrected chi connectivity index (χ1v) is 5.36. The summed E-state index contributed by atoms with van der Waals surface area (Å²) in [6.07, 6.45) is 0. The van der Waals surface area contributed by atoms with Crippen molar-refractivity contribution >= 4 is 5.69 Å². The van der Waals surface area contributed by atoms with Crippen molar-refractivity contribution in [2.75, 3.05) is 12.8 Å². The Bertz CT molecular complexity index is 532. The summed E-state index contributed by atoms with van der Waals surface area (Å²) < 4.78 is 5.32. The normalized spacial score (nSPS) is 10.3. The smallest absolute Gasteiger partial charge is 0.128 e. The zero-order valence-electron chi connectivity index (χ0n) is 10.2. The minimum Gasteiger partial charge on any atom is -0.496 e. The maximum atomic E-state index is 5.80. The van der Waals surface area contributed by atoms with Crippen molar-refractivity contribution in [2.45, 2.75) is 13.8 Å². The molecule has 0 saturated carbocycles. The molecule has 0 radical (unpaired) electrons. The molecule has 1 aromatic heterocycles. The number of nitrogens with zero attached hydrogens (tertiary/aromatic N) is 2. The highest BCUT2D eigenvalue weighted by molar-refractivity contribution is 5.71. The molecule has 2 N–H and O–H groups in total. The molecule has 2 aromatic rings. The van der Waals surface area contributed by atoms with Gasteiger partial charge < -0.3 is 10.5 Å². The molecule has 0 atom stereocenters. The van der Waals surface area contributed by atoms with Crippen molar-refractivity contribution in [3.05, 3.63) is 35.8 Å². The Morgan fingerprint density at radius 1 is 1.12 bits per heavy atom. The monoisotopic (exact) mass is 229 g/mol. The molecule has 4 nitrogen and oxygen atoms in total. The summed E-state index contributed by atoms with van der Waals surface area (Å²) in [4.78, 5) is 8.66. The van der Waals surface area contributed by atoms with Crippen LogP contribution in [-0.2, 0) is 0 Å². The summed E-state index contributed by atoms with van der Waals surface area (Å²) >= 11 is 0. The molecule has 0 aliphatic heterocycles. The second-order valence-corrected chi connectivity index (χ2v) is 3.90. The van der Waals surface area contributed by atoms with Crippen LogP contribution in [0.3, 0.4) is 0 Å². The Labute approximate surface area is 100 Å². The summed E-state index contributed by atoms with van der Waals surface area (Å²) in [5.74, 6) is 1.50. The Morgan fingerprint density at radius 3 is 2.53 bits per heavy atom. The van der Waals surface area contributed by atoms with Gasteiger partial charge in [-0.1, -0.05) is 0 Å². The predicted molar refractivity (Wildman–Crippen MR) is 67.9 cm³/mol. The van der Waals surface area contributed by atoms with E-state index in [2.05, 4.69) is 9.97 Å². The van der Waals surface area contributed by atoms with Crippen molar-refractivity contribution in [2.24, 2.45) is 0 Å². The zero-order valence-corrected chi connectivity index (χ0v) is 10.2.